The number of anilines is 1. The quantitative estimate of drug-likeness (QED) is 0.691. The third-order valence-corrected chi connectivity index (χ3v) is 4.24. The molecule has 2 aromatic heterocycles. The van der Waals surface area contributed by atoms with E-state index in [1.54, 1.807) is 6.33 Å². The molecule has 0 spiro atoms. The van der Waals surface area contributed by atoms with Crippen molar-refractivity contribution in [1.82, 2.24) is 15.0 Å². The largest absolute Gasteiger partial charge is 0.363 e. The maximum atomic E-state index is 6.40. The number of hydrogen-bond donors (Lipinski definition) is 0. The Kier molecular flexibility index (Phi) is 2.97. The van der Waals surface area contributed by atoms with Crippen molar-refractivity contribution in [2.24, 2.45) is 0 Å². The molecule has 0 N–H and O–H groups in total. The smallest absolute Gasteiger partial charge is 0.115 e. The van der Waals surface area contributed by atoms with Gasteiger partial charge in [0.25, 0.3) is 0 Å². The van der Waals surface area contributed by atoms with Crippen molar-refractivity contribution in [3.05, 3.63) is 59.4 Å². The maximum absolute atomic E-state index is 6.40. The van der Waals surface area contributed by atoms with Gasteiger partial charge in [0, 0.05) is 29.7 Å². The highest BCUT2D eigenvalue weighted by molar-refractivity contribution is 6.36. The first kappa shape index (κ1) is 12.5. The molecule has 1 aromatic carbocycles. The molecule has 4 rings (SSSR count). The third-order valence-electron chi connectivity index (χ3n) is 3.93. The van der Waals surface area contributed by atoms with E-state index in [4.69, 9.17) is 11.6 Å². The highest BCUT2D eigenvalue weighted by atomic mass is 35.5. The fraction of sp³-hybridized carbons (Fsp3) is 0.188. The van der Waals surface area contributed by atoms with Gasteiger partial charge in [-0.2, -0.15) is 0 Å². The Morgan fingerprint density at radius 3 is 3.00 bits per heavy atom. The third kappa shape index (κ3) is 2.12. The molecule has 104 valence electrons. The van der Waals surface area contributed by atoms with E-state index in [-0.39, 0.29) is 0 Å². The van der Waals surface area contributed by atoms with Crippen LogP contribution >= 0.6 is 11.6 Å². The summed E-state index contributed by atoms with van der Waals surface area (Å²) < 4.78 is 0. The van der Waals surface area contributed by atoms with Crippen molar-refractivity contribution < 1.29 is 0 Å². The van der Waals surface area contributed by atoms with Crippen LogP contribution in [0, 0.1) is 0 Å². The number of halogens is 1. The first-order chi connectivity index (χ1) is 10.3. The van der Waals surface area contributed by atoms with Crippen molar-refractivity contribution in [3.63, 3.8) is 0 Å². The maximum Gasteiger partial charge on any atom is 0.115 e. The molecule has 3 aromatic rings. The number of fused-ring (bicyclic) bond motifs is 2. The second kappa shape index (κ2) is 4.97. The van der Waals surface area contributed by atoms with Crippen LogP contribution in [0.15, 0.2) is 43.1 Å². The summed E-state index contributed by atoms with van der Waals surface area (Å²) >= 11 is 6.40. The Morgan fingerprint density at radius 2 is 2.05 bits per heavy atom. The van der Waals surface area contributed by atoms with Crippen LogP contribution in [-0.2, 0) is 13.0 Å². The van der Waals surface area contributed by atoms with Crippen LogP contribution in [0.3, 0.4) is 0 Å². The Morgan fingerprint density at radius 1 is 1.10 bits per heavy atom. The summed E-state index contributed by atoms with van der Waals surface area (Å²) in [5.41, 5.74) is 3.38. The molecule has 4 nitrogen and oxygen atoms in total. The highest BCUT2D eigenvalue weighted by Crippen LogP contribution is 2.33. The van der Waals surface area contributed by atoms with Gasteiger partial charge in [-0.3, -0.25) is 4.98 Å². The lowest BCUT2D eigenvalue weighted by Gasteiger charge is -2.30. The summed E-state index contributed by atoms with van der Waals surface area (Å²) in [7, 11) is 0. The first-order valence-electron chi connectivity index (χ1n) is 6.88. The normalized spacial score (nSPS) is 14.2. The van der Waals surface area contributed by atoms with E-state index in [0.717, 1.165) is 46.7 Å². The fourth-order valence-corrected chi connectivity index (χ4v) is 3.15. The van der Waals surface area contributed by atoms with Gasteiger partial charge in [0.15, 0.2) is 0 Å². The number of pyridine rings is 1. The van der Waals surface area contributed by atoms with Crippen molar-refractivity contribution in [2.75, 3.05) is 11.4 Å². The Labute approximate surface area is 127 Å². The fourth-order valence-electron chi connectivity index (χ4n) is 2.87. The van der Waals surface area contributed by atoms with Crippen LogP contribution in [0.5, 0.6) is 0 Å². The standard InChI is InChI=1S/C16H13ClN4/c17-13-3-1-2-12-7-18-8-15(16(12)13)21-5-4-11-6-19-10-20-14(11)9-21/h1-3,6-8,10H,4-5,9H2. The topological polar surface area (TPSA) is 41.9 Å². The molecule has 5 heteroatoms. The summed E-state index contributed by atoms with van der Waals surface area (Å²) in [5.74, 6) is 0. The molecule has 1 aliphatic heterocycles. The van der Waals surface area contributed by atoms with Crippen LogP contribution in [0.25, 0.3) is 10.8 Å². The molecular weight excluding hydrogens is 284 g/mol. The van der Waals surface area contributed by atoms with Crippen LogP contribution in [0.1, 0.15) is 11.3 Å². The van der Waals surface area contributed by atoms with Crippen molar-refractivity contribution in [2.45, 2.75) is 13.0 Å². The molecule has 0 bridgehead atoms. The van der Waals surface area contributed by atoms with Gasteiger partial charge in [0.1, 0.15) is 6.33 Å². The summed E-state index contributed by atoms with van der Waals surface area (Å²) in [5, 5.41) is 2.89. The number of benzene rings is 1. The molecular formula is C16H13ClN4. The molecule has 0 aliphatic carbocycles. The van der Waals surface area contributed by atoms with E-state index >= 15 is 0 Å². The van der Waals surface area contributed by atoms with E-state index < -0.39 is 0 Å². The second-order valence-electron chi connectivity index (χ2n) is 5.16. The van der Waals surface area contributed by atoms with Gasteiger partial charge in [-0.15, -0.1) is 0 Å². The summed E-state index contributed by atoms with van der Waals surface area (Å²) in [6.45, 7) is 1.69. The second-order valence-corrected chi connectivity index (χ2v) is 5.57. The van der Waals surface area contributed by atoms with E-state index in [2.05, 4.69) is 19.9 Å². The van der Waals surface area contributed by atoms with Crippen LogP contribution < -0.4 is 4.90 Å². The predicted molar refractivity (Wildman–Crippen MR) is 83.5 cm³/mol. The van der Waals surface area contributed by atoms with E-state index in [0.29, 0.717) is 0 Å². The number of nitrogens with zero attached hydrogens (tertiary/aromatic N) is 4. The van der Waals surface area contributed by atoms with E-state index in [1.807, 2.05) is 36.8 Å². The van der Waals surface area contributed by atoms with Gasteiger partial charge in [-0.1, -0.05) is 23.7 Å². The van der Waals surface area contributed by atoms with Crippen molar-refractivity contribution >= 4 is 28.1 Å². The van der Waals surface area contributed by atoms with Gasteiger partial charge < -0.3 is 4.90 Å². The molecule has 3 heterocycles. The Balaban J connectivity index is 1.82. The SMILES string of the molecule is Clc1cccc2cncc(N3CCc4cncnc4C3)c12. The minimum absolute atomic E-state index is 0.762. The van der Waals surface area contributed by atoms with Crippen molar-refractivity contribution in [3.8, 4) is 0 Å². The molecule has 0 saturated carbocycles. The minimum atomic E-state index is 0.762. The minimum Gasteiger partial charge on any atom is -0.363 e. The number of rotatable bonds is 1. The molecule has 21 heavy (non-hydrogen) atoms. The average molecular weight is 297 g/mol. The summed E-state index contributed by atoms with van der Waals surface area (Å²) in [4.78, 5) is 15.1. The first-order valence-corrected chi connectivity index (χ1v) is 7.25. The summed E-state index contributed by atoms with van der Waals surface area (Å²) in [6, 6.07) is 5.92. The highest BCUT2D eigenvalue weighted by Gasteiger charge is 2.20. The monoisotopic (exact) mass is 296 g/mol. The van der Waals surface area contributed by atoms with Gasteiger partial charge in [-0.05, 0) is 18.1 Å². The Hall–Kier alpha value is -2.20. The van der Waals surface area contributed by atoms with E-state index in [1.165, 1.54) is 5.56 Å². The van der Waals surface area contributed by atoms with Gasteiger partial charge in [0.2, 0.25) is 0 Å². The molecule has 0 fully saturated rings. The predicted octanol–water partition coefficient (Wildman–Crippen LogP) is 3.24. The average Bonchev–Trinajstić information content (AvgIpc) is 2.54. The lowest BCUT2D eigenvalue weighted by molar-refractivity contribution is 0.704. The number of aromatic nitrogens is 3. The van der Waals surface area contributed by atoms with Crippen LogP contribution in [0.2, 0.25) is 5.02 Å². The van der Waals surface area contributed by atoms with Gasteiger partial charge >= 0.3 is 0 Å². The van der Waals surface area contributed by atoms with Gasteiger partial charge in [-0.25, -0.2) is 9.97 Å². The Bertz CT molecular complexity index is 813. The molecule has 1 aliphatic rings. The zero-order chi connectivity index (χ0) is 14.2. The van der Waals surface area contributed by atoms with Gasteiger partial charge in [0.05, 0.1) is 29.1 Å². The molecule has 0 radical (unpaired) electrons. The molecule has 0 saturated heterocycles. The van der Waals surface area contributed by atoms with E-state index in [9.17, 15) is 0 Å². The zero-order valence-electron chi connectivity index (χ0n) is 11.3. The lowest BCUT2D eigenvalue weighted by atomic mass is 10.0. The lowest BCUT2D eigenvalue weighted by Crippen LogP contribution is -2.31. The van der Waals surface area contributed by atoms with Crippen LogP contribution in [0.4, 0.5) is 5.69 Å². The van der Waals surface area contributed by atoms with Crippen LogP contribution in [-0.4, -0.2) is 21.5 Å². The molecule has 0 amide bonds. The molecule has 0 atom stereocenters. The van der Waals surface area contributed by atoms with Crippen molar-refractivity contribution in [1.29, 1.82) is 0 Å². The molecule has 0 unspecified atom stereocenters. The zero-order valence-corrected chi connectivity index (χ0v) is 12.1. The number of hydrogen-bond acceptors (Lipinski definition) is 4. The summed E-state index contributed by atoms with van der Waals surface area (Å²) in [6.07, 6.45) is 8.20.